The minimum atomic E-state index is -4.25. The van der Waals surface area contributed by atoms with Gasteiger partial charge in [-0.2, -0.15) is 15.1 Å². The summed E-state index contributed by atoms with van der Waals surface area (Å²) in [6.45, 7) is 1.95. The van der Waals surface area contributed by atoms with E-state index in [0.717, 1.165) is 6.92 Å². The van der Waals surface area contributed by atoms with Crippen LogP contribution in [-0.2, 0) is 23.4 Å². The molecule has 1 saturated heterocycles. The molecule has 3 aromatic rings. The molecule has 16 heteroatoms. The van der Waals surface area contributed by atoms with Crippen molar-refractivity contribution in [1.82, 2.24) is 24.6 Å². The van der Waals surface area contributed by atoms with Crippen molar-refractivity contribution in [3.8, 4) is 5.75 Å². The van der Waals surface area contributed by atoms with Crippen LogP contribution in [0.2, 0.25) is 0 Å². The van der Waals surface area contributed by atoms with Crippen molar-refractivity contribution in [2.24, 2.45) is 0 Å². The molecular formula is C21H27FN7O7P. The van der Waals surface area contributed by atoms with Gasteiger partial charge < -0.3 is 30.6 Å². The number of benzene rings is 1. The fraction of sp³-hybridized carbons (Fsp3) is 0.429. The average molecular weight is 539 g/mol. The number of esters is 1. The highest BCUT2D eigenvalue weighted by atomic mass is 31.2. The number of nitrogen functional groups attached to an aromatic ring is 2. The van der Waals surface area contributed by atoms with Crippen molar-refractivity contribution in [3.63, 3.8) is 0 Å². The van der Waals surface area contributed by atoms with Crippen LogP contribution in [0.3, 0.4) is 0 Å². The number of aromatic nitrogens is 4. The number of carbonyl (C=O) groups excluding carboxylic acids is 1. The molecule has 0 amide bonds. The van der Waals surface area contributed by atoms with Gasteiger partial charge in [0.15, 0.2) is 23.4 Å². The molecule has 37 heavy (non-hydrogen) atoms. The number of alkyl halides is 1. The molecular weight excluding hydrogens is 512 g/mol. The van der Waals surface area contributed by atoms with Gasteiger partial charge in [-0.05, 0) is 26.0 Å². The number of hydrogen-bond donors (Lipinski definition) is 4. The third kappa shape index (κ3) is 5.36. The van der Waals surface area contributed by atoms with Crippen LogP contribution in [0.5, 0.6) is 5.75 Å². The molecule has 1 aliphatic rings. The van der Waals surface area contributed by atoms with E-state index in [2.05, 4.69) is 24.8 Å². The Hall–Kier alpha value is -3.36. The first-order valence-corrected chi connectivity index (χ1v) is 12.6. The third-order valence-electron chi connectivity index (χ3n) is 5.72. The van der Waals surface area contributed by atoms with Gasteiger partial charge in [0.05, 0.1) is 20.0 Å². The first-order chi connectivity index (χ1) is 17.4. The summed E-state index contributed by atoms with van der Waals surface area (Å²) >= 11 is 0. The third-order valence-corrected chi connectivity index (χ3v) is 7.36. The molecule has 6 atom stereocenters. The zero-order valence-corrected chi connectivity index (χ0v) is 21.0. The number of anilines is 2. The summed E-state index contributed by atoms with van der Waals surface area (Å²) in [5, 5.41) is 13.2. The fourth-order valence-corrected chi connectivity index (χ4v) is 5.33. The molecule has 200 valence electrons. The van der Waals surface area contributed by atoms with Crippen LogP contribution < -0.4 is 21.1 Å². The van der Waals surface area contributed by atoms with Crippen molar-refractivity contribution in [1.29, 1.82) is 0 Å². The second kappa shape index (κ2) is 10.2. The maximum Gasteiger partial charge on any atom is 0.459 e. The van der Waals surface area contributed by atoms with Gasteiger partial charge in [-0.25, -0.2) is 13.9 Å². The molecule has 0 aliphatic carbocycles. The zero-order valence-electron chi connectivity index (χ0n) is 20.1. The molecule has 1 aromatic carbocycles. The van der Waals surface area contributed by atoms with Crippen LogP contribution >= 0.6 is 7.75 Å². The Balaban J connectivity index is 1.56. The number of imidazole rings is 1. The molecule has 14 nitrogen and oxygen atoms in total. The SMILES string of the molecule is COC(=O)[C@H](C)NP(=O)(OC[C@H]1O[C@@H](n2cnc3c(N)nc(N)nc32)C(C)(F)[C@@H]1O)Oc1ccccc1. The molecule has 0 saturated carbocycles. The van der Waals surface area contributed by atoms with Gasteiger partial charge in [0, 0.05) is 0 Å². The van der Waals surface area contributed by atoms with E-state index in [4.69, 9.17) is 25.3 Å². The van der Waals surface area contributed by atoms with Crippen molar-refractivity contribution in [3.05, 3.63) is 36.7 Å². The Labute approximate surface area is 210 Å². The number of para-hydroxylation sites is 1. The maximum absolute atomic E-state index is 15.8. The lowest BCUT2D eigenvalue weighted by molar-refractivity contribution is -0.142. The van der Waals surface area contributed by atoms with E-state index in [-0.39, 0.29) is 28.7 Å². The van der Waals surface area contributed by atoms with Crippen molar-refractivity contribution in [2.45, 2.75) is 44.0 Å². The number of nitrogens with two attached hydrogens (primary N) is 2. The Morgan fingerprint density at radius 3 is 2.73 bits per heavy atom. The number of aliphatic hydroxyl groups is 1. The van der Waals surface area contributed by atoms with E-state index < -0.39 is 50.5 Å². The molecule has 6 N–H and O–H groups in total. The number of methoxy groups -OCH3 is 1. The smallest absolute Gasteiger partial charge is 0.459 e. The molecule has 2 unspecified atom stereocenters. The minimum Gasteiger partial charge on any atom is -0.468 e. The van der Waals surface area contributed by atoms with Crippen molar-refractivity contribution in [2.75, 3.05) is 25.2 Å². The average Bonchev–Trinajstić information content (AvgIpc) is 3.36. The number of hydrogen-bond acceptors (Lipinski definition) is 12. The second-order valence-corrected chi connectivity index (χ2v) is 10.2. The van der Waals surface area contributed by atoms with Gasteiger partial charge in [0.1, 0.15) is 29.5 Å². The Kier molecular flexibility index (Phi) is 7.35. The predicted molar refractivity (Wildman–Crippen MR) is 129 cm³/mol. The molecule has 1 aliphatic heterocycles. The van der Waals surface area contributed by atoms with Crippen LogP contribution in [0.1, 0.15) is 20.1 Å². The molecule has 0 spiro atoms. The Morgan fingerprint density at radius 1 is 1.35 bits per heavy atom. The lowest BCUT2D eigenvalue weighted by Crippen LogP contribution is -2.41. The van der Waals surface area contributed by atoms with Gasteiger partial charge in [-0.1, -0.05) is 18.2 Å². The molecule has 0 bridgehead atoms. The summed E-state index contributed by atoms with van der Waals surface area (Å²) in [5.74, 6) is -0.710. The first kappa shape index (κ1) is 26.7. The van der Waals surface area contributed by atoms with Gasteiger partial charge >= 0.3 is 13.7 Å². The van der Waals surface area contributed by atoms with E-state index in [0.29, 0.717) is 0 Å². The van der Waals surface area contributed by atoms with Crippen molar-refractivity contribution >= 4 is 36.6 Å². The monoisotopic (exact) mass is 539 g/mol. The maximum atomic E-state index is 15.8. The predicted octanol–water partition coefficient (Wildman–Crippen LogP) is 1.33. The van der Waals surface area contributed by atoms with E-state index in [1.165, 1.54) is 37.1 Å². The largest absolute Gasteiger partial charge is 0.468 e. The highest BCUT2D eigenvalue weighted by Gasteiger charge is 2.56. The number of nitrogens with one attached hydrogen (secondary N) is 1. The van der Waals surface area contributed by atoms with E-state index >= 15 is 4.39 Å². The zero-order chi connectivity index (χ0) is 27.0. The minimum absolute atomic E-state index is 0.00922. The number of carbonyl (C=O) groups is 1. The lowest BCUT2D eigenvalue weighted by Gasteiger charge is -2.25. The van der Waals surface area contributed by atoms with Crippen LogP contribution in [-0.4, -0.2) is 68.2 Å². The van der Waals surface area contributed by atoms with Crippen LogP contribution in [0.25, 0.3) is 11.2 Å². The number of nitrogens with zero attached hydrogens (tertiary/aromatic N) is 4. The highest BCUT2D eigenvalue weighted by molar-refractivity contribution is 7.52. The summed E-state index contributed by atoms with van der Waals surface area (Å²) in [7, 11) is -3.09. The molecule has 4 rings (SSSR count). The van der Waals surface area contributed by atoms with Crippen LogP contribution in [0.4, 0.5) is 16.2 Å². The van der Waals surface area contributed by atoms with E-state index in [1.54, 1.807) is 18.2 Å². The Morgan fingerprint density at radius 2 is 2.05 bits per heavy atom. The first-order valence-electron chi connectivity index (χ1n) is 11.1. The number of ether oxygens (including phenoxy) is 2. The van der Waals surface area contributed by atoms with Crippen molar-refractivity contribution < 1.29 is 37.4 Å². The van der Waals surface area contributed by atoms with Gasteiger partial charge in [-0.3, -0.25) is 13.9 Å². The van der Waals surface area contributed by atoms with E-state index in [1.807, 2.05) is 0 Å². The quantitative estimate of drug-likeness (QED) is 0.224. The number of halogens is 1. The van der Waals surface area contributed by atoms with Gasteiger partial charge in [0.25, 0.3) is 0 Å². The molecule has 1 fully saturated rings. The standard InChI is InChI=1S/C21H27FN7O7P/c1-11(18(31)33-3)28-37(32,36-12-7-5-4-6-8-12)34-9-13-15(30)21(2,22)19(35-13)29-10-25-14-16(23)26-20(24)27-17(14)29/h4-8,10-11,13,15,19,30H,9H2,1-3H3,(H,28,32)(H4,23,24,26,27)/t11-,13+,15+,19+,21?,37?/m0/s1. The lowest BCUT2D eigenvalue weighted by atomic mass is 9.98. The molecule has 0 radical (unpaired) electrons. The fourth-order valence-electron chi connectivity index (χ4n) is 3.83. The van der Waals surface area contributed by atoms with Gasteiger partial charge in [0.2, 0.25) is 5.95 Å². The summed E-state index contributed by atoms with van der Waals surface area (Å²) in [6, 6.07) is 6.98. The molecule has 2 aromatic heterocycles. The normalized spacial score (nSPS) is 26.0. The molecule has 3 heterocycles. The summed E-state index contributed by atoms with van der Waals surface area (Å²) < 4.78 is 52.0. The van der Waals surface area contributed by atoms with Crippen LogP contribution in [0.15, 0.2) is 36.7 Å². The number of fused-ring (bicyclic) bond motifs is 1. The van der Waals surface area contributed by atoms with E-state index in [9.17, 15) is 14.5 Å². The number of rotatable bonds is 9. The summed E-state index contributed by atoms with van der Waals surface area (Å²) in [6.07, 6.45) is -3.23. The summed E-state index contributed by atoms with van der Waals surface area (Å²) in [5.41, 5.74) is 9.40. The number of aliphatic hydroxyl groups excluding tert-OH is 1. The van der Waals surface area contributed by atoms with Crippen LogP contribution in [0, 0.1) is 0 Å². The topological polar surface area (TPSA) is 199 Å². The highest BCUT2D eigenvalue weighted by Crippen LogP contribution is 2.48. The van der Waals surface area contributed by atoms with Gasteiger partial charge in [-0.15, -0.1) is 0 Å². The Bertz CT molecular complexity index is 1330. The summed E-state index contributed by atoms with van der Waals surface area (Å²) in [4.78, 5) is 23.9. The second-order valence-electron chi connectivity index (χ2n) is 8.49.